The summed E-state index contributed by atoms with van der Waals surface area (Å²) in [4.78, 5) is 0. The molecule has 0 aromatic carbocycles. The molecule has 0 saturated carbocycles. The van der Waals surface area contributed by atoms with Gasteiger partial charge in [-0.1, -0.05) is 34.6 Å². The lowest BCUT2D eigenvalue weighted by atomic mass is 9.93. The first-order valence-electron chi connectivity index (χ1n) is 3.60. The third kappa shape index (κ3) is 3.85. The Hall–Kier alpha value is 0.350. The van der Waals surface area contributed by atoms with Gasteiger partial charge in [0.05, 0.1) is 0 Å². The van der Waals surface area contributed by atoms with Gasteiger partial charge in [0.2, 0.25) is 0 Å². The lowest BCUT2D eigenvalue weighted by Gasteiger charge is -2.25. The zero-order valence-corrected chi connectivity index (χ0v) is 8.01. The van der Waals surface area contributed by atoms with Crippen LogP contribution < -0.4 is 0 Å². The maximum absolute atomic E-state index is 2.30. The second-order valence-electron chi connectivity index (χ2n) is 3.46. The molecule has 0 amide bonds. The van der Waals surface area contributed by atoms with Crippen LogP contribution in [0.25, 0.3) is 0 Å². The van der Waals surface area contributed by atoms with Crippen LogP contribution in [0.3, 0.4) is 0 Å². The highest BCUT2D eigenvalue weighted by Gasteiger charge is 2.18. The number of rotatable bonds is 2. The van der Waals surface area contributed by atoms with Crippen molar-refractivity contribution >= 4 is 11.8 Å². The zero-order chi connectivity index (χ0) is 7.49. The van der Waals surface area contributed by atoms with Gasteiger partial charge in [-0.2, -0.15) is 11.8 Å². The molecule has 0 aliphatic carbocycles. The van der Waals surface area contributed by atoms with Crippen LogP contribution in [0.1, 0.15) is 34.6 Å². The fourth-order valence-corrected chi connectivity index (χ4v) is 1.50. The van der Waals surface area contributed by atoms with E-state index in [-0.39, 0.29) is 0 Å². The van der Waals surface area contributed by atoms with Crippen molar-refractivity contribution in [1.82, 2.24) is 0 Å². The van der Waals surface area contributed by atoms with E-state index in [4.69, 9.17) is 0 Å². The van der Waals surface area contributed by atoms with Crippen molar-refractivity contribution in [3.05, 3.63) is 0 Å². The maximum atomic E-state index is 2.30. The van der Waals surface area contributed by atoms with Crippen molar-refractivity contribution in [2.45, 2.75) is 39.9 Å². The summed E-state index contributed by atoms with van der Waals surface area (Å²) in [6, 6.07) is 0. The Bertz CT molecular complexity index is 71.1. The Kier molecular flexibility index (Phi) is 3.64. The summed E-state index contributed by atoms with van der Waals surface area (Å²) in [7, 11) is 0. The lowest BCUT2D eigenvalue weighted by molar-refractivity contribution is 0.411. The molecule has 0 aliphatic rings. The number of thioether (sulfide) groups is 1. The van der Waals surface area contributed by atoms with Gasteiger partial charge in [-0.05, 0) is 11.2 Å². The van der Waals surface area contributed by atoms with Gasteiger partial charge in [-0.25, -0.2) is 0 Å². The molecule has 0 heterocycles. The summed E-state index contributed by atoms with van der Waals surface area (Å²) < 4.78 is 0. The standard InChI is InChI=1S/C8H18S/c1-6-9-7(2)8(3,4)5/h7H,6H2,1-5H3. The Morgan fingerprint density at radius 2 is 1.78 bits per heavy atom. The topological polar surface area (TPSA) is 0 Å². The molecule has 1 heteroatoms. The minimum atomic E-state index is 0.473. The van der Waals surface area contributed by atoms with E-state index in [0.717, 1.165) is 5.25 Å². The molecule has 0 fully saturated rings. The van der Waals surface area contributed by atoms with Gasteiger partial charge in [-0.3, -0.25) is 0 Å². The molecule has 0 aromatic heterocycles. The molecule has 56 valence electrons. The normalized spacial score (nSPS) is 15.7. The Morgan fingerprint density at radius 1 is 1.33 bits per heavy atom. The van der Waals surface area contributed by atoms with Crippen molar-refractivity contribution in [3.63, 3.8) is 0 Å². The van der Waals surface area contributed by atoms with Gasteiger partial charge in [-0.15, -0.1) is 0 Å². The van der Waals surface area contributed by atoms with Crippen molar-refractivity contribution in [2.24, 2.45) is 5.41 Å². The number of hydrogen-bond donors (Lipinski definition) is 0. The average molecular weight is 146 g/mol. The maximum Gasteiger partial charge on any atom is 0.00671 e. The predicted molar refractivity (Wildman–Crippen MR) is 47.0 cm³/mol. The highest BCUT2D eigenvalue weighted by atomic mass is 32.2. The summed E-state index contributed by atoms with van der Waals surface area (Å²) in [5.41, 5.74) is 0.473. The Labute approximate surface area is 63.4 Å². The molecular formula is C8H18S. The molecule has 9 heavy (non-hydrogen) atoms. The summed E-state index contributed by atoms with van der Waals surface area (Å²) in [6.07, 6.45) is 0. The minimum Gasteiger partial charge on any atom is -0.159 e. The largest absolute Gasteiger partial charge is 0.159 e. The lowest BCUT2D eigenvalue weighted by Crippen LogP contribution is -2.19. The van der Waals surface area contributed by atoms with Crippen LogP contribution >= 0.6 is 11.8 Å². The van der Waals surface area contributed by atoms with E-state index in [9.17, 15) is 0 Å². The molecule has 0 N–H and O–H groups in total. The van der Waals surface area contributed by atoms with Crippen molar-refractivity contribution in [3.8, 4) is 0 Å². The van der Waals surface area contributed by atoms with Crippen LogP contribution in [0.2, 0.25) is 0 Å². The summed E-state index contributed by atoms with van der Waals surface area (Å²) in [5, 5.41) is 0.780. The molecule has 0 radical (unpaired) electrons. The Morgan fingerprint density at radius 3 is 1.89 bits per heavy atom. The van der Waals surface area contributed by atoms with Gasteiger partial charge in [0.1, 0.15) is 0 Å². The quantitative estimate of drug-likeness (QED) is 0.576. The van der Waals surface area contributed by atoms with Crippen LogP contribution in [0, 0.1) is 5.41 Å². The SMILES string of the molecule is CCSC(C)C(C)(C)C. The molecule has 0 aliphatic heterocycles. The van der Waals surface area contributed by atoms with Crippen molar-refractivity contribution in [2.75, 3.05) is 5.75 Å². The van der Waals surface area contributed by atoms with Gasteiger partial charge in [0, 0.05) is 5.25 Å². The second kappa shape index (κ2) is 3.50. The molecule has 0 nitrogen and oxygen atoms in total. The van der Waals surface area contributed by atoms with Gasteiger partial charge in [0.15, 0.2) is 0 Å². The van der Waals surface area contributed by atoms with Gasteiger partial charge in [0.25, 0.3) is 0 Å². The minimum absolute atomic E-state index is 0.473. The van der Waals surface area contributed by atoms with Crippen LogP contribution in [-0.4, -0.2) is 11.0 Å². The first kappa shape index (κ1) is 9.35. The van der Waals surface area contributed by atoms with Crippen molar-refractivity contribution in [1.29, 1.82) is 0 Å². The van der Waals surface area contributed by atoms with Crippen LogP contribution in [0.5, 0.6) is 0 Å². The highest BCUT2D eigenvalue weighted by molar-refractivity contribution is 7.99. The molecule has 0 bridgehead atoms. The zero-order valence-electron chi connectivity index (χ0n) is 7.19. The smallest absolute Gasteiger partial charge is 0.00671 e. The molecule has 0 aromatic rings. The fraction of sp³-hybridized carbons (Fsp3) is 1.00. The first-order chi connectivity index (χ1) is 3.98. The molecule has 0 rings (SSSR count). The van der Waals surface area contributed by atoms with Crippen LogP contribution in [0.15, 0.2) is 0 Å². The second-order valence-corrected chi connectivity index (χ2v) is 5.08. The van der Waals surface area contributed by atoms with E-state index < -0.39 is 0 Å². The number of hydrogen-bond acceptors (Lipinski definition) is 1. The molecule has 1 atom stereocenters. The molecule has 0 saturated heterocycles. The summed E-state index contributed by atoms with van der Waals surface area (Å²) in [6.45, 7) is 11.4. The predicted octanol–water partition coefficient (Wildman–Crippen LogP) is 3.17. The summed E-state index contributed by atoms with van der Waals surface area (Å²) >= 11 is 2.04. The highest BCUT2D eigenvalue weighted by Crippen LogP contribution is 2.29. The van der Waals surface area contributed by atoms with E-state index in [1.165, 1.54) is 5.75 Å². The average Bonchev–Trinajstić information content (AvgIpc) is 1.64. The van der Waals surface area contributed by atoms with E-state index >= 15 is 0 Å². The van der Waals surface area contributed by atoms with Gasteiger partial charge < -0.3 is 0 Å². The molecular weight excluding hydrogens is 128 g/mol. The van der Waals surface area contributed by atoms with E-state index in [1.807, 2.05) is 11.8 Å². The fourth-order valence-electron chi connectivity index (χ4n) is 0.500. The monoisotopic (exact) mass is 146 g/mol. The van der Waals surface area contributed by atoms with E-state index in [0.29, 0.717) is 5.41 Å². The van der Waals surface area contributed by atoms with Crippen LogP contribution in [0.4, 0.5) is 0 Å². The van der Waals surface area contributed by atoms with Gasteiger partial charge >= 0.3 is 0 Å². The third-order valence-corrected chi connectivity index (χ3v) is 3.18. The molecule has 0 spiro atoms. The first-order valence-corrected chi connectivity index (χ1v) is 4.65. The van der Waals surface area contributed by atoms with Crippen LogP contribution in [-0.2, 0) is 0 Å². The molecule has 1 unspecified atom stereocenters. The van der Waals surface area contributed by atoms with E-state index in [1.54, 1.807) is 0 Å². The Balaban J connectivity index is 3.59. The summed E-state index contributed by atoms with van der Waals surface area (Å²) in [5.74, 6) is 1.23. The van der Waals surface area contributed by atoms with E-state index in [2.05, 4.69) is 34.6 Å². The van der Waals surface area contributed by atoms with Crippen molar-refractivity contribution < 1.29 is 0 Å². The third-order valence-electron chi connectivity index (χ3n) is 1.64.